The normalized spacial score (nSPS) is 14.4. The molecule has 2 N–H and O–H groups in total. The third-order valence-electron chi connectivity index (χ3n) is 17.5. The molecule has 10 heteroatoms. The minimum atomic E-state index is -0.0879. The van der Waals surface area contributed by atoms with Gasteiger partial charge in [-0.1, -0.05) is 133 Å². The molecule has 0 unspecified atom stereocenters. The summed E-state index contributed by atoms with van der Waals surface area (Å²) in [6, 6.07) is 81.6. The summed E-state index contributed by atoms with van der Waals surface area (Å²) in [5.41, 5.74) is 28.9. The van der Waals surface area contributed by atoms with Crippen molar-refractivity contribution in [1.29, 1.82) is 0 Å². The second-order valence-electron chi connectivity index (χ2n) is 21.4. The lowest BCUT2D eigenvalue weighted by Crippen LogP contribution is -2.61. The van der Waals surface area contributed by atoms with Gasteiger partial charge in [0.15, 0.2) is 0 Å². The molecule has 0 radical (unpaired) electrons. The fourth-order valence-electron chi connectivity index (χ4n) is 14.5. The average molecular weight is 998 g/mol. The van der Waals surface area contributed by atoms with E-state index in [4.69, 9.17) is 0 Å². The molecule has 356 valence electrons. The summed E-state index contributed by atoms with van der Waals surface area (Å²) in [6.45, 7) is 2.17. The Bertz CT molecular complexity index is 4630. The Hall–Kier alpha value is -9.63. The zero-order chi connectivity index (χ0) is 49.9. The Labute approximate surface area is 449 Å². The van der Waals surface area contributed by atoms with Crippen molar-refractivity contribution < 1.29 is 0 Å². The summed E-state index contributed by atoms with van der Waals surface area (Å²) < 4.78 is 2.76. The van der Waals surface area contributed by atoms with Crippen molar-refractivity contribution >= 4 is 186 Å². The van der Waals surface area contributed by atoms with Crippen molar-refractivity contribution in [3.63, 3.8) is 0 Å². The van der Waals surface area contributed by atoms with Crippen molar-refractivity contribution in [3.05, 3.63) is 224 Å². The van der Waals surface area contributed by atoms with Crippen LogP contribution >= 0.6 is 11.3 Å². The van der Waals surface area contributed by atoms with E-state index < -0.39 is 0 Å². The van der Waals surface area contributed by atoms with Gasteiger partial charge in [-0.3, -0.25) is 0 Å². The van der Waals surface area contributed by atoms with Gasteiger partial charge in [0.2, 0.25) is 0 Å². The van der Waals surface area contributed by atoms with Gasteiger partial charge in [-0.2, -0.15) is 11.3 Å². The van der Waals surface area contributed by atoms with E-state index >= 15 is 0 Å². The zero-order valence-electron chi connectivity index (χ0n) is 41.6. The maximum absolute atomic E-state index is 4.15. The van der Waals surface area contributed by atoms with E-state index in [9.17, 15) is 0 Å². The Morgan fingerprint density at radius 1 is 0.364 bits per heavy atom. The predicted octanol–water partition coefficient (Wildman–Crippen LogP) is 14.4. The van der Waals surface area contributed by atoms with Crippen molar-refractivity contribution in [2.45, 2.75) is 6.92 Å². The maximum Gasteiger partial charge on any atom is 0.264 e. The molecule has 7 nitrogen and oxygen atoms in total. The third-order valence-corrected chi connectivity index (χ3v) is 18.8. The number of thiophene rings is 1. The molecule has 11 aromatic carbocycles. The van der Waals surface area contributed by atoms with Crippen LogP contribution in [0.15, 0.2) is 218 Å². The third kappa shape index (κ3) is 5.05. The molecule has 8 heterocycles. The van der Waals surface area contributed by atoms with Crippen LogP contribution in [0, 0.1) is 6.92 Å². The number of para-hydroxylation sites is 8. The maximum atomic E-state index is 4.15. The van der Waals surface area contributed by atoms with E-state index in [1.165, 1.54) is 127 Å². The fraction of sp³-hybridized carbons (Fsp3) is 0.0149. The van der Waals surface area contributed by atoms with Crippen molar-refractivity contribution in [3.8, 4) is 0 Å². The molecule has 0 amide bonds. The van der Waals surface area contributed by atoms with Gasteiger partial charge >= 0.3 is 0 Å². The van der Waals surface area contributed by atoms with Crippen LogP contribution in [0.25, 0.3) is 21.5 Å². The molecular formula is C67H41B2N7S. The molecule has 1 aromatic heterocycles. The minimum Gasteiger partial charge on any atom is -0.352 e. The first-order valence-corrected chi connectivity index (χ1v) is 27.5. The van der Waals surface area contributed by atoms with E-state index in [2.05, 4.69) is 260 Å². The fourth-order valence-corrected chi connectivity index (χ4v) is 16.0. The molecule has 0 aliphatic carbocycles. The molecule has 0 saturated heterocycles. The Morgan fingerprint density at radius 3 is 1.29 bits per heavy atom. The van der Waals surface area contributed by atoms with E-state index in [0.29, 0.717) is 0 Å². The van der Waals surface area contributed by atoms with E-state index in [0.717, 1.165) is 39.8 Å². The molecule has 0 atom stereocenters. The lowest BCUT2D eigenvalue weighted by molar-refractivity contribution is 1.17. The number of nitrogens with one attached hydrogen (secondary N) is 2. The van der Waals surface area contributed by atoms with Gasteiger partial charge < -0.3 is 35.1 Å². The first-order chi connectivity index (χ1) is 38.1. The summed E-state index contributed by atoms with van der Waals surface area (Å²) in [5.74, 6) is 0. The van der Waals surface area contributed by atoms with Crippen LogP contribution in [0.3, 0.4) is 0 Å². The van der Waals surface area contributed by atoms with Crippen LogP contribution in [0.5, 0.6) is 0 Å². The SMILES string of the molecule is Cc1cc2c3c4c1Nc1ccccc1N4c1cc4ccccc4cc1B3c1sc3c4c1N2c1ccccc1N4c1cc(N(c2ccccc2)c2ccccc2)c2c4c1B3c1cc3ccccc3cc1N4c1ccccc1N2. The van der Waals surface area contributed by atoms with Gasteiger partial charge in [-0.25, -0.2) is 0 Å². The lowest BCUT2D eigenvalue weighted by atomic mass is 9.34. The van der Waals surface area contributed by atoms with Crippen LogP contribution in [-0.2, 0) is 0 Å². The molecule has 0 bridgehead atoms. The molecule has 7 aliphatic rings. The number of rotatable bonds is 3. The molecule has 0 spiro atoms. The standard InChI is InChI=1S/C67H41B2N7S/c1-38-32-55-58-62-60(38)70-47-26-12-14-28-49(47)73(62)53-35-41-20-10-8-18-39(41)33-45(53)68(58)66-64-65-67(77-66)69-46-34-40-19-9-11-21-42(40)36-54(46)74-50-29-15-13-27-48(50)71-61-57(72(43-22-4-2-5-23-43)44-24-6-3-7-25-44)37-56(59(69)63(61)74)76(65)52-31-17-16-30-51(52)75(55)64/h2-37,70-71H,1H3. The van der Waals surface area contributed by atoms with Crippen LogP contribution < -0.4 is 66.5 Å². The molecule has 77 heavy (non-hydrogen) atoms. The second-order valence-corrected chi connectivity index (χ2v) is 22.5. The highest BCUT2D eigenvalue weighted by Crippen LogP contribution is 2.63. The average Bonchev–Trinajstić information content (AvgIpc) is 4.15. The minimum absolute atomic E-state index is 0.0415. The first kappa shape index (κ1) is 40.7. The van der Waals surface area contributed by atoms with Crippen LogP contribution in [0.2, 0.25) is 0 Å². The van der Waals surface area contributed by atoms with Gasteiger partial charge in [0, 0.05) is 43.7 Å². The number of anilines is 19. The highest BCUT2D eigenvalue weighted by molar-refractivity contribution is 7.39. The van der Waals surface area contributed by atoms with Gasteiger partial charge in [-0.15, -0.1) is 0 Å². The topological polar surface area (TPSA) is 40.3 Å². The molecule has 0 saturated carbocycles. The summed E-state index contributed by atoms with van der Waals surface area (Å²) in [5, 5.41) is 13.1. The number of nitrogens with zero attached hydrogens (tertiary/aromatic N) is 5. The van der Waals surface area contributed by atoms with Gasteiger partial charge in [-0.05, 0) is 141 Å². The van der Waals surface area contributed by atoms with Crippen LogP contribution in [0.1, 0.15) is 5.56 Å². The number of aryl methyl sites for hydroxylation is 1. The number of hydrogen-bond donors (Lipinski definition) is 2. The quantitative estimate of drug-likeness (QED) is 0.171. The first-order valence-electron chi connectivity index (χ1n) is 26.7. The lowest BCUT2D eigenvalue weighted by Gasteiger charge is -2.51. The van der Waals surface area contributed by atoms with Crippen molar-refractivity contribution in [2.24, 2.45) is 0 Å². The summed E-state index contributed by atoms with van der Waals surface area (Å²) >= 11 is 2.05. The predicted molar refractivity (Wildman–Crippen MR) is 327 cm³/mol. The number of hydrogen-bond acceptors (Lipinski definition) is 8. The Kier molecular flexibility index (Phi) is 7.61. The largest absolute Gasteiger partial charge is 0.352 e. The van der Waals surface area contributed by atoms with Crippen molar-refractivity contribution in [1.82, 2.24) is 0 Å². The summed E-state index contributed by atoms with van der Waals surface area (Å²) in [6.07, 6.45) is 0. The van der Waals surface area contributed by atoms with Crippen LogP contribution in [0.4, 0.5) is 108 Å². The number of benzene rings is 11. The van der Waals surface area contributed by atoms with E-state index in [1.54, 1.807) is 0 Å². The molecule has 19 rings (SSSR count). The molecule has 12 aromatic rings. The number of fused-ring (bicyclic) bond motifs is 19. The second kappa shape index (κ2) is 14.4. The van der Waals surface area contributed by atoms with E-state index in [1.807, 2.05) is 11.3 Å². The Morgan fingerprint density at radius 2 is 0.766 bits per heavy atom. The Balaban J connectivity index is 0.972. The monoisotopic (exact) mass is 997 g/mol. The van der Waals surface area contributed by atoms with E-state index in [-0.39, 0.29) is 13.4 Å². The van der Waals surface area contributed by atoms with Gasteiger partial charge in [0.1, 0.15) is 0 Å². The van der Waals surface area contributed by atoms with Crippen LogP contribution in [-0.4, -0.2) is 13.4 Å². The molecular weight excluding hydrogens is 956 g/mol. The summed E-state index contributed by atoms with van der Waals surface area (Å²) in [7, 11) is 0. The zero-order valence-corrected chi connectivity index (χ0v) is 42.4. The molecule has 0 fully saturated rings. The van der Waals surface area contributed by atoms with Crippen molar-refractivity contribution in [2.75, 3.05) is 35.1 Å². The highest BCUT2D eigenvalue weighted by Gasteiger charge is 2.56. The highest BCUT2D eigenvalue weighted by atomic mass is 32.1. The smallest absolute Gasteiger partial charge is 0.264 e. The molecule has 7 aliphatic heterocycles. The van der Waals surface area contributed by atoms with Gasteiger partial charge in [0.25, 0.3) is 13.4 Å². The van der Waals surface area contributed by atoms with Gasteiger partial charge in [0.05, 0.1) is 73.9 Å². The summed E-state index contributed by atoms with van der Waals surface area (Å²) in [4.78, 5) is 13.0.